The minimum absolute atomic E-state index is 0.404. The molecule has 0 radical (unpaired) electrons. The third-order valence-corrected chi connectivity index (χ3v) is 3.90. The summed E-state index contributed by atoms with van der Waals surface area (Å²) >= 11 is 0. The second kappa shape index (κ2) is 6.85. The monoisotopic (exact) mass is 255 g/mol. The molecule has 0 bridgehead atoms. The maximum atomic E-state index is 5.86. The Bertz CT molecular complexity index is 247. The van der Waals surface area contributed by atoms with Crippen LogP contribution < -0.4 is 5.32 Å². The average Bonchev–Trinajstić information content (AvgIpc) is 2.28. The minimum atomic E-state index is 0.404. The molecule has 1 N–H and O–H groups in total. The van der Waals surface area contributed by atoms with Gasteiger partial charge in [0, 0.05) is 45.3 Å². The third-order valence-electron chi connectivity index (χ3n) is 3.90. The zero-order valence-electron chi connectivity index (χ0n) is 12.2. The van der Waals surface area contributed by atoms with Crippen molar-refractivity contribution in [3.05, 3.63) is 0 Å². The summed E-state index contributed by atoms with van der Waals surface area (Å²) in [5.74, 6) is 0.777. The molecule has 0 spiro atoms. The van der Waals surface area contributed by atoms with E-state index < -0.39 is 0 Å². The van der Waals surface area contributed by atoms with Crippen molar-refractivity contribution in [3.8, 4) is 0 Å². The quantitative estimate of drug-likeness (QED) is 0.798. The first-order valence-electron chi connectivity index (χ1n) is 7.39. The zero-order chi connectivity index (χ0) is 13.0. The first-order valence-corrected chi connectivity index (χ1v) is 7.39. The molecule has 106 valence electrons. The van der Waals surface area contributed by atoms with Crippen LogP contribution in [0.15, 0.2) is 0 Å². The van der Waals surface area contributed by atoms with E-state index in [-0.39, 0.29) is 0 Å². The van der Waals surface area contributed by atoms with Crippen LogP contribution in [0.25, 0.3) is 0 Å². The Morgan fingerprint density at radius 1 is 1.28 bits per heavy atom. The van der Waals surface area contributed by atoms with Gasteiger partial charge in [-0.1, -0.05) is 13.8 Å². The molecule has 0 aromatic heterocycles. The number of likely N-dealkylation sites (N-methyl/N-ethyl adjacent to an activating group) is 1. The predicted octanol–water partition coefficient (Wildman–Crippen LogP) is 0.637. The highest BCUT2D eigenvalue weighted by atomic mass is 16.5. The van der Waals surface area contributed by atoms with E-state index in [0.717, 1.165) is 45.2 Å². The first kappa shape index (κ1) is 14.3. The number of ether oxygens (including phenoxy) is 1. The number of morpholine rings is 1. The van der Waals surface area contributed by atoms with Gasteiger partial charge in [0.05, 0.1) is 12.7 Å². The van der Waals surface area contributed by atoms with Crippen molar-refractivity contribution >= 4 is 0 Å². The smallest absolute Gasteiger partial charge is 0.0829 e. The van der Waals surface area contributed by atoms with E-state index in [1.165, 1.54) is 13.0 Å². The Kier molecular flexibility index (Phi) is 5.42. The van der Waals surface area contributed by atoms with Gasteiger partial charge in [0.15, 0.2) is 0 Å². The van der Waals surface area contributed by atoms with Crippen LogP contribution in [-0.4, -0.2) is 74.9 Å². The molecular formula is C14H29N3O. The van der Waals surface area contributed by atoms with Crippen molar-refractivity contribution in [1.82, 2.24) is 15.1 Å². The molecule has 2 heterocycles. The number of piperazine rings is 1. The number of rotatable bonds is 4. The number of nitrogens with one attached hydrogen (secondary N) is 1. The van der Waals surface area contributed by atoms with Gasteiger partial charge in [0.2, 0.25) is 0 Å². The Hall–Kier alpha value is -0.160. The van der Waals surface area contributed by atoms with Gasteiger partial charge in [-0.3, -0.25) is 4.90 Å². The van der Waals surface area contributed by atoms with Crippen LogP contribution in [0.5, 0.6) is 0 Å². The summed E-state index contributed by atoms with van der Waals surface area (Å²) in [6.07, 6.45) is 1.68. The van der Waals surface area contributed by atoms with Crippen LogP contribution >= 0.6 is 0 Å². The molecule has 2 aliphatic heterocycles. The molecule has 2 saturated heterocycles. The van der Waals surface area contributed by atoms with Gasteiger partial charge in [-0.05, 0) is 19.4 Å². The van der Waals surface area contributed by atoms with Crippen molar-refractivity contribution in [1.29, 1.82) is 0 Å². The van der Waals surface area contributed by atoms with Crippen LogP contribution in [0.3, 0.4) is 0 Å². The standard InChI is InChI=1S/C14H29N3O/c1-12(2)8-13-9-17(5-4-15-13)11-14-10-16(3)6-7-18-14/h12-15H,4-11H2,1-3H3. The Morgan fingerprint density at radius 2 is 2.11 bits per heavy atom. The fourth-order valence-corrected chi connectivity index (χ4v) is 3.05. The molecule has 0 aliphatic carbocycles. The van der Waals surface area contributed by atoms with E-state index in [1.54, 1.807) is 0 Å². The SMILES string of the molecule is CC(C)CC1CN(CC2CN(C)CCO2)CCN1. The highest BCUT2D eigenvalue weighted by Crippen LogP contribution is 2.11. The largest absolute Gasteiger partial charge is 0.374 e. The van der Waals surface area contributed by atoms with Crippen LogP contribution in [-0.2, 0) is 4.74 Å². The van der Waals surface area contributed by atoms with E-state index in [9.17, 15) is 0 Å². The van der Waals surface area contributed by atoms with Crippen molar-refractivity contribution < 1.29 is 4.74 Å². The molecular weight excluding hydrogens is 226 g/mol. The second-order valence-electron chi connectivity index (χ2n) is 6.30. The number of hydrogen-bond acceptors (Lipinski definition) is 4. The van der Waals surface area contributed by atoms with Gasteiger partial charge in [-0.2, -0.15) is 0 Å². The van der Waals surface area contributed by atoms with Crippen LogP contribution in [0.1, 0.15) is 20.3 Å². The van der Waals surface area contributed by atoms with Gasteiger partial charge >= 0.3 is 0 Å². The van der Waals surface area contributed by atoms with Gasteiger partial charge < -0.3 is 15.0 Å². The number of nitrogens with zero attached hydrogens (tertiary/aromatic N) is 2. The van der Waals surface area contributed by atoms with E-state index in [1.807, 2.05) is 0 Å². The summed E-state index contributed by atoms with van der Waals surface area (Å²) in [5.41, 5.74) is 0. The lowest BCUT2D eigenvalue weighted by molar-refractivity contribution is -0.0389. The highest BCUT2D eigenvalue weighted by molar-refractivity contribution is 4.82. The maximum Gasteiger partial charge on any atom is 0.0829 e. The van der Waals surface area contributed by atoms with Crippen LogP contribution in [0, 0.1) is 5.92 Å². The van der Waals surface area contributed by atoms with Crippen molar-refractivity contribution in [2.45, 2.75) is 32.4 Å². The molecule has 4 nitrogen and oxygen atoms in total. The Balaban J connectivity index is 1.74. The topological polar surface area (TPSA) is 27.7 Å². The summed E-state index contributed by atoms with van der Waals surface area (Å²) in [7, 11) is 2.19. The molecule has 2 unspecified atom stereocenters. The molecule has 0 aromatic carbocycles. The molecule has 0 saturated carbocycles. The lowest BCUT2D eigenvalue weighted by Crippen LogP contribution is -2.54. The average molecular weight is 255 g/mol. The van der Waals surface area contributed by atoms with E-state index >= 15 is 0 Å². The van der Waals surface area contributed by atoms with Crippen molar-refractivity contribution in [2.24, 2.45) is 5.92 Å². The summed E-state index contributed by atoms with van der Waals surface area (Å²) < 4.78 is 5.86. The van der Waals surface area contributed by atoms with E-state index in [2.05, 4.69) is 36.0 Å². The molecule has 2 atom stereocenters. The fraction of sp³-hybridized carbons (Fsp3) is 1.00. The number of hydrogen-bond donors (Lipinski definition) is 1. The molecule has 2 rings (SSSR count). The van der Waals surface area contributed by atoms with Gasteiger partial charge in [0.1, 0.15) is 0 Å². The highest BCUT2D eigenvalue weighted by Gasteiger charge is 2.25. The van der Waals surface area contributed by atoms with Crippen LogP contribution in [0.2, 0.25) is 0 Å². The molecule has 2 aliphatic rings. The Morgan fingerprint density at radius 3 is 2.83 bits per heavy atom. The summed E-state index contributed by atoms with van der Waals surface area (Å²) in [5, 5.41) is 3.63. The summed E-state index contributed by atoms with van der Waals surface area (Å²) in [6.45, 7) is 12.2. The fourth-order valence-electron chi connectivity index (χ4n) is 3.05. The lowest BCUT2D eigenvalue weighted by Gasteiger charge is -2.38. The lowest BCUT2D eigenvalue weighted by atomic mass is 10.0. The second-order valence-corrected chi connectivity index (χ2v) is 6.30. The van der Waals surface area contributed by atoms with E-state index in [4.69, 9.17) is 4.74 Å². The van der Waals surface area contributed by atoms with Crippen molar-refractivity contribution in [2.75, 3.05) is 52.9 Å². The molecule has 0 aromatic rings. The normalized spacial score (nSPS) is 32.0. The van der Waals surface area contributed by atoms with Crippen molar-refractivity contribution in [3.63, 3.8) is 0 Å². The summed E-state index contributed by atoms with van der Waals surface area (Å²) in [6, 6.07) is 0.667. The third kappa shape index (κ3) is 4.50. The zero-order valence-corrected chi connectivity index (χ0v) is 12.2. The van der Waals surface area contributed by atoms with Crippen LogP contribution in [0.4, 0.5) is 0 Å². The van der Waals surface area contributed by atoms with E-state index in [0.29, 0.717) is 12.1 Å². The minimum Gasteiger partial charge on any atom is -0.374 e. The summed E-state index contributed by atoms with van der Waals surface area (Å²) in [4.78, 5) is 4.95. The molecule has 2 fully saturated rings. The predicted molar refractivity (Wildman–Crippen MR) is 74.9 cm³/mol. The van der Waals surface area contributed by atoms with Gasteiger partial charge in [-0.25, -0.2) is 0 Å². The molecule has 18 heavy (non-hydrogen) atoms. The Labute approximate surface area is 112 Å². The maximum absolute atomic E-state index is 5.86. The van der Waals surface area contributed by atoms with Gasteiger partial charge in [0.25, 0.3) is 0 Å². The van der Waals surface area contributed by atoms with Gasteiger partial charge in [-0.15, -0.1) is 0 Å². The molecule has 4 heteroatoms. The first-order chi connectivity index (χ1) is 8.63. The molecule has 0 amide bonds.